The molecule has 4 heteroatoms. The van der Waals surface area contributed by atoms with Gasteiger partial charge in [0.2, 0.25) is 0 Å². The van der Waals surface area contributed by atoms with Gasteiger partial charge < -0.3 is 15.4 Å². The van der Waals surface area contributed by atoms with Gasteiger partial charge in [0.25, 0.3) is 5.91 Å². The highest BCUT2D eigenvalue weighted by Gasteiger charge is 2.35. The van der Waals surface area contributed by atoms with Gasteiger partial charge in [-0.3, -0.25) is 4.79 Å². The molecule has 1 saturated heterocycles. The Bertz CT molecular complexity index is 457. The zero-order valence-corrected chi connectivity index (χ0v) is 11.7. The van der Waals surface area contributed by atoms with Crippen LogP contribution >= 0.6 is 0 Å². The fourth-order valence-electron chi connectivity index (χ4n) is 2.60. The molecule has 0 aliphatic carbocycles. The minimum atomic E-state index is -0.0478. The SMILES string of the molecule is CC1(C)CCCN1C(=O)COc1ccccc1CN. The van der Waals surface area contributed by atoms with Crippen molar-refractivity contribution in [1.29, 1.82) is 0 Å². The van der Waals surface area contributed by atoms with Gasteiger partial charge in [-0.25, -0.2) is 0 Å². The summed E-state index contributed by atoms with van der Waals surface area (Å²) in [5, 5.41) is 0. The number of rotatable bonds is 4. The van der Waals surface area contributed by atoms with E-state index in [0.29, 0.717) is 12.3 Å². The number of para-hydroxylation sites is 1. The molecule has 1 aromatic carbocycles. The summed E-state index contributed by atoms with van der Waals surface area (Å²) in [6, 6.07) is 7.57. The number of likely N-dealkylation sites (tertiary alicyclic amines) is 1. The molecule has 0 unspecified atom stereocenters. The Kier molecular flexibility index (Phi) is 4.10. The summed E-state index contributed by atoms with van der Waals surface area (Å²) < 4.78 is 5.62. The fourth-order valence-corrected chi connectivity index (χ4v) is 2.60. The molecule has 0 radical (unpaired) electrons. The van der Waals surface area contributed by atoms with Crippen molar-refractivity contribution in [3.8, 4) is 5.75 Å². The summed E-state index contributed by atoms with van der Waals surface area (Å²) in [6.45, 7) is 5.53. The van der Waals surface area contributed by atoms with Crippen LogP contribution in [0.25, 0.3) is 0 Å². The van der Waals surface area contributed by atoms with E-state index in [9.17, 15) is 4.79 Å². The largest absolute Gasteiger partial charge is 0.483 e. The second-order valence-corrected chi connectivity index (χ2v) is 5.56. The van der Waals surface area contributed by atoms with Gasteiger partial charge in [0.1, 0.15) is 5.75 Å². The second kappa shape index (κ2) is 5.61. The lowest BCUT2D eigenvalue weighted by Crippen LogP contribution is -2.44. The first-order valence-corrected chi connectivity index (χ1v) is 6.76. The zero-order chi connectivity index (χ0) is 13.9. The molecule has 0 atom stereocenters. The van der Waals surface area contributed by atoms with Crippen LogP contribution in [0.3, 0.4) is 0 Å². The molecule has 104 valence electrons. The van der Waals surface area contributed by atoms with E-state index in [-0.39, 0.29) is 18.1 Å². The molecular formula is C15H22N2O2. The first kappa shape index (κ1) is 13.9. The monoisotopic (exact) mass is 262 g/mol. The molecule has 2 rings (SSSR count). The lowest BCUT2D eigenvalue weighted by Gasteiger charge is -2.31. The van der Waals surface area contributed by atoms with Crippen LogP contribution in [0.5, 0.6) is 5.75 Å². The highest BCUT2D eigenvalue weighted by atomic mass is 16.5. The van der Waals surface area contributed by atoms with Crippen molar-refractivity contribution in [3.05, 3.63) is 29.8 Å². The smallest absolute Gasteiger partial charge is 0.260 e. The Hall–Kier alpha value is -1.55. The van der Waals surface area contributed by atoms with Gasteiger partial charge in [0.15, 0.2) is 6.61 Å². The normalized spacial score (nSPS) is 17.5. The Balaban J connectivity index is 1.97. The topological polar surface area (TPSA) is 55.6 Å². The number of nitrogens with zero attached hydrogens (tertiary/aromatic N) is 1. The Morgan fingerprint density at radius 3 is 2.79 bits per heavy atom. The van der Waals surface area contributed by atoms with E-state index in [1.54, 1.807) is 0 Å². The van der Waals surface area contributed by atoms with Crippen LogP contribution in [0.1, 0.15) is 32.3 Å². The first-order valence-electron chi connectivity index (χ1n) is 6.76. The molecule has 1 aliphatic rings. The zero-order valence-electron chi connectivity index (χ0n) is 11.7. The van der Waals surface area contributed by atoms with E-state index < -0.39 is 0 Å². The number of hydrogen-bond acceptors (Lipinski definition) is 3. The summed E-state index contributed by atoms with van der Waals surface area (Å²) in [5.74, 6) is 0.754. The third-order valence-electron chi connectivity index (χ3n) is 3.75. The summed E-state index contributed by atoms with van der Waals surface area (Å²) in [7, 11) is 0. The molecule has 1 fully saturated rings. The van der Waals surface area contributed by atoms with Gasteiger partial charge in [0, 0.05) is 24.2 Å². The molecule has 0 bridgehead atoms. The number of benzene rings is 1. The number of hydrogen-bond donors (Lipinski definition) is 1. The fraction of sp³-hybridized carbons (Fsp3) is 0.533. The third-order valence-corrected chi connectivity index (χ3v) is 3.75. The van der Waals surface area contributed by atoms with Crippen LogP contribution in [0, 0.1) is 0 Å². The van der Waals surface area contributed by atoms with E-state index in [4.69, 9.17) is 10.5 Å². The number of nitrogens with two attached hydrogens (primary N) is 1. The van der Waals surface area contributed by atoms with Crippen LogP contribution in [0.15, 0.2) is 24.3 Å². The molecule has 1 heterocycles. The van der Waals surface area contributed by atoms with E-state index >= 15 is 0 Å². The summed E-state index contributed by atoms with van der Waals surface area (Å²) >= 11 is 0. The molecule has 0 saturated carbocycles. The predicted octanol–water partition coefficient (Wildman–Crippen LogP) is 1.93. The molecular weight excluding hydrogens is 240 g/mol. The van der Waals surface area contributed by atoms with Crippen LogP contribution in [-0.2, 0) is 11.3 Å². The highest BCUT2D eigenvalue weighted by molar-refractivity contribution is 5.79. The van der Waals surface area contributed by atoms with Crippen molar-refractivity contribution >= 4 is 5.91 Å². The van der Waals surface area contributed by atoms with Crippen LogP contribution in [0.2, 0.25) is 0 Å². The second-order valence-electron chi connectivity index (χ2n) is 5.56. The summed E-state index contributed by atoms with van der Waals surface area (Å²) in [6.07, 6.45) is 2.12. The maximum Gasteiger partial charge on any atom is 0.260 e. The third kappa shape index (κ3) is 3.07. The molecule has 1 aromatic rings. The van der Waals surface area contributed by atoms with Crippen molar-refractivity contribution in [3.63, 3.8) is 0 Å². The Morgan fingerprint density at radius 2 is 2.16 bits per heavy atom. The van der Waals surface area contributed by atoms with Crippen LogP contribution in [0.4, 0.5) is 0 Å². The molecule has 4 nitrogen and oxygen atoms in total. The maximum atomic E-state index is 12.2. The van der Waals surface area contributed by atoms with Gasteiger partial charge >= 0.3 is 0 Å². The van der Waals surface area contributed by atoms with Gasteiger partial charge in [0.05, 0.1) is 0 Å². The minimum Gasteiger partial charge on any atom is -0.483 e. The number of amides is 1. The Morgan fingerprint density at radius 1 is 1.42 bits per heavy atom. The molecule has 19 heavy (non-hydrogen) atoms. The van der Waals surface area contributed by atoms with Crippen molar-refractivity contribution in [2.75, 3.05) is 13.2 Å². The lowest BCUT2D eigenvalue weighted by molar-refractivity contribution is -0.136. The molecule has 2 N–H and O–H groups in total. The van der Waals surface area contributed by atoms with E-state index in [2.05, 4.69) is 13.8 Å². The van der Waals surface area contributed by atoms with Crippen molar-refractivity contribution in [2.45, 2.75) is 38.8 Å². The van der Waals surface area contributed by atoms with Gasteiger partial charge in [-0.15, -0.1) is 0 Å². The minimum absolute atomic E-state index is 0.0478. The van der Waals surface area contributed by atoms with Crippen molar-refractivity contribution in [2.24, 2.45) is 5.73 Å². The van der Waals surface area contributed by atoms with Crippen LogP contribution in [-0.4, -0.2) is 29.5 Å². The average Bonchev–Trinajstić information content (AvgIpc) is 2.76. The van der Waals surface area contributed by atoms with Gasteiger partial charge in [-0.1, -0.05) is 18.2 Å². The maximum absolute atomic E-state index is 12.2. The standard InChI is InChI=1S/C15H22N2O2/c1-15(2)8-5-9-17(15)14(18)11-19-13-7-4-3-6-12(13)10-16/h3-4,6-7H,5,8-11,16H2,1-2H3. The number of carbonyl (C=O) groups is 1. The molecule has 1 aliphatic heterocycles. The number of ether oxygens (including phenoxy) is 1. The van der Waals surface area contributed by atoms with Gasteiger partial charge in [-0.2, -0.15) is 0 Å². The Labute approximate surface area is 114 Å². The first-order chi connectivity index (χ1) is 9.04. The van der Waals surface area contributed by atoms with E-state index in [1.165, 1.54) is 0 Å². The molecule has 0 aromatic heterocycles. The lowest BCUT2D eigenvalue weighted by atomic mass is 10.0. The molecule has 1 amide bonds. The van der Waals surface area contributed by atoms with Gasteiger partial charge in [-0.05, 0) is 32.8 Å². The van der Waals surface area contributed by atoms with E-state index in [0.717, 1.165) is 24.9 Å². The highest BCUT2D eigenvalue weighted by Crippen LogP contribution is 2.28. The predicted molar refractivity (Wildman–Crippen MR) is 74.9 cm³/mol. The average molecular weight is 262 g/mol. The quantitative estimate of drug-likeness (QED) is 0.902. The van der Waals surface area contributed by atoms with Crippen LogP contribution < -0.4 is 10.5 Å². The van der Waals surface area contributed by atoms with Crippen molar-refractivity contribution in [1.82, 2.24) is 4.90 Å². The van der Waals surface area contributed by atoms with Crippen molar-refractivity contribution < 1.29 is 9.53 Å². The summed E-state index contributed by atoms with van der Waals surface area (Å²) in [4.78, 5) is 14.1. The number of carbonyl (C=O) groups excluding carboxylic acids is 1. The summed E-state index contributed by atoms with van der Waals surface area (Å²) in [5.41, 5.74) is 6.53. The van der Waals surface area contributed by atoms with E-state index in [1.807, 2.05) is 29.2 Å². The molecule has 0 spiro atoms.